The number of aliphatic carboxylic acids is 1. The summed E-state index contributed by atoms with van der Waals surface area (Å²) in [4.78, 5) is 38.6. The molecule has 2 aliphatic rings. The predicted octanol–water partition coefficient (Wildman–Crippen LogP) is 1.84. The van der Waals surface area contributed by atoms with Gasteiger partial charge < -0.3 is 24.8 Å². The molecule has 0 amide bonds. The summed E-state index contributed by atoms with van der Waals surface area (Å²) in [6, 6.07) is 5.93. The highest BCUT2D eigenvalue weighted by Gasteiger charge is 2.48. The summed E-state index contributed by atoms with van der Waals surface area (Å²) in [7, 11) is 2.65. The van der Waals surface area contributed by atoms with Gasteiger partial charge in [0.05, 0.1) is 36.9 Å². The second-order valence-corrected chi connectivity index (χ2v) is 7.73. The van der Waals surface area contributed by atoms with Gasteiger partial charge in [0.25, 0.3) is 0 Å². The third-order valence-electron chi connectivity index (χ3n) is 5.89. The first kappa shape index (κ1) is 20.1. The number of hydrogen-bond acceptors (Lipinski definition) is 7. The molecule has 0 aliphatic heterocycles. The van der Waals surface area contributed by atoms with Gasteiger partial charge in [-0.3, -0.25) is 14.4 Å². The van der Waals surface area contributed by atoms with Crippen LogP contribution in [0.2, 0.25) is 0 Å². The Morgan fingerprint density at radius 1 is 1.10 bits per heavy atom. The number of carboxylic acid groups (broad SMARTS) is 1. The van der Waals surface area contributed by atoms with E-state index in [2.05, 4.69) is 0 Å². The lowest BCUT2D eigenvalue weighted by Crippen LogP contribution is -2.42. The second-order valence-electron chi connectivity index (χ2n) is 7.73. The fourth-order valence-corrected chi connectivity index (χ4v) is 4.46. The van der Waals surface area contributed by atoms with Crippen molar-refractivity contribution in [2.75, 3.05) is 14.2 Å². The molecule has 0 bridgehead atoms. The van der Waals surface area contributed by atoms with Crippen molar-refractivity contribution in [3.05, 3.63) is 57.6 Å². The monoisotopic (exact) mass is 412 g/mol. The zero-order valence-electron chi connectivity index (χ0n) is 16.6. The van der Waals surface area contributed by atoms with Crippen molar-refractivity contribution in [2.24, 2.45) is 0 Å². The van der Waals surface area contributed by atoms with Crippen LogP contribution in [-0.2, 0) is 4.79 Å². The summed E-state index contributed by atoms with van der Waals surface area (Å²) < 4.78 is 10.7. The lowest BCUT2D eigenvalue weighted by Gasteiger charge is -2.40. The highest BCUT2D eigenvalue weighted by Crippen LogP contribution is 2.51. The maximum atomic E-state index is 13.3. The number of aliphatic hydroxyl groups is 2. The third kappa shape index (κ3) is 2.57. The number of aliphatic hydroxyl groups excluding tert-OH is 1. The predicted molar refractivity (Wildman–Crippen MR) is 103 cm³/mol. The summed E-state index contributed by atoms with van der Waals surface area (Å²) in [5, 5.41) is 31.1. The molecule has 2 aromatic rings. The molecule has 0 heterocycles. The van der Waals surface area contributed by atoms with Gasteiger partial charge in [-0.15, -0.1) is 0 Å². The van der Waals surface area contributed by atoms with Crippen LogP contribution in [0.4, 0.5) is 0 Å². The van der Waals surface area contributed by atoms with E-state index in [0.29, 0.717) is 0 Å². The Labute approximate surface area is 171 Å². The van der Waals surface area contributed by atoms with Gasteiger partial charge in [0, 0.05) is 16.7 Å². The number of carbonyl (C=O) groups excluding carboxylic acids is 2. The summed E-state index contributed by atoms with van der Waals surface area (Å²) in [6.07, 6.45) is -1.75. The van der Waals surface area contributed by atoms with E-state index in [0.717, 1.165) is 0 Å². The van der Waals surface area contributed by atoms with E-state index in [9.17, 15) is 29.7 Å². The van der Waals surface area contributed by atoms with Gasteiger partial charge in [0.15, 0.2) is 11.6 Å². The minimum absolute atomic E-state index is 0.0338. The molecular weight excluding hydrogens is 392 g/mol. The summed E-state index contributed by atoms with van der Waals surface area (Å²) >= 11 is 0. The number of benzene rings is 2. The molecule has 0 fully saturated rings. The Morgan fingerprint density at radius 2 is 1.77 bits per heavy atom. The van der Waals surface area contributed by atoms with Gasteiger partial charge in [-0.25, -0.2) is 0 Å². The van der Waals surface area contributed by atoms with E-state index >= 15 is 0 Å². The summed E-state index contributed by atoms with van der Waals surface area (Å²) in [5.74, 6) is -3.33. The normalized spacial score (nSPS) is 24.6. The molecule has 8 nitrogen and oxygen atoms in total. The minimum Gasteiger partial charge on any atom is -0.496 e. The Balaban J connectivity index is 2.08. The van der Waals surface area contributed by atoms with Crippen molar-refractivity contribution in [2.45, 2.75) is 31.0 Å². The Bertz CT molecular complexity index is 1110. The zero-order valence-corrected chi connectivity index (χ0v) is 16.6. The van der Waals surface area contributed by atoms with E-state index in [1.54, 1.807) is 12.1 Å². The van der Waals surface area contributed by atoms with E-state index in [-0.39, 0.29) is 51.3 Å². The van der Waals surface area contributed by atoms with Crippen LogP contribution in [0.15, 0.2) is 24.3 Å². The molecule has 3 atom stereocenters. The number of fused-ring (bicyclic) bond motifs is 3. The highest BCUT2D eigenvalue weighted by molar-refractivity contribution is 6.30. The van der Waals surface area contributed by atoms with E-state index in [1.807, 2.05) is 0 Å². The summed E-state index contributed by atoms with van der Waals surface area (Å²) in [6.45, 7) is 1.33. The lowest BCUT2D eigenvalue weighted by molar-refractivity contribution is -0.144. The van der Waals surface area contributed by atoms with Crippen molar-refractivity contribution in [1.82, 2.24) is 0 Å². The number of methoxy groups -OCH3 is 2. The Morgan fingerprint density at radius 3 is 2.37 bits per heavy atom. The Hall–Kier alpha value is -3.23. The smallest absolute Gasteiger partial charge is 0.311 e. The molecule has 8 heteroatoms. The quantitative estimate of drug-likeness (QED) is 0.594. The van der Waals surface area contributed by atoms with Crippen LogP contribution in [0.5, 0.6) is 11.5 Å². The fraction of sp³-hybridized carbons (Fsp3) is 0.318. The molecule has 0 aromatic heterocycles. The molecule has 0 saturated carbocycles. The first-order valence-electron chi connectivity index (χ1n) is 9.28. The van der Waals surface area contributed by atoms with Crippen molar-refractivity contribution in [1.29, 1.82) is 0 Å². The van der Waals surface area contributed by atoms with Crippen molar-refractivity contribution in [3.63, 3.8) is 0 Å². The number of hydrogen-bond donors (Lipinski definition) is 3. The Kier molecular flexibility index (Phi) is 4.44. The fourth-order valence-electron chi connectivity index (χ4n) is 4.46. The van der Waals surface area contributed by atoms with Crippen LogP contribution in [0.25, 0.3) is 0 Å². The van der Waals surface area contributed by atoms with Crippen molar-refractivity contribution < 1.29 is 39.2 Å². The topological polar surface area (TPSA) is 130 Å². The van der Waals surface area contributed by atoms with Crippen molar-refractivity contribution in [3.8, 4) is 11.5 Å². The van der Waals surface area contributed by atoms with E-state index in [4.69, 9.17) is 9.47 Å². The number of carbonyl (C=O) groups is 3. The van der Waals surface area contributed by atoms with Gasteiger partial charge in [0.1, 0.15) is 17.6 Å². The molecule has 156 valence electrons. The van der Waals surface area contributed by atoms with Gasteiger partial charge in [0.2, 0.25) is 0 Å². The van der Waals surface area contributed by atoms with Crippen LogP contribution in [0.1, 0.15) is 68.3 Å². The minimum atomic E-state index is -1.74. The molecule has 4 rings (SSSR count). The van der Waals surface area contributed by atoms with E-state index in [1.165, 1.54) is 33.3 Å². The number of rotatable bonds is 3. The molecule has 3 N–H and O–H groups in total. The van der Waals surface area contributed by atoms with Gasteiger partial charge in [-0.1, -0.05) is 12.1 Å². The van der Waals surface area contributed by atoms with Crippen LogP contribution < -0.4 is 9.47 Å². The first-order chi connectivity index (χ1) is 14.1. The van der Waals surface area contributed by atoms with Crippen LogP contribution in [0.3, 0.4) is 0 Å². The maximum Gasteiger partial charge on any atom is 0.311 e. The standard InChI is InChI=1S/C22H20O8/c1-22(28)8-12(21(26)27)14-11(20(22)25)7-10-16(19(14)30-3)17(23)9-5-4-6-13(29-2)15(9)18(10)24/h4-7,12,20,25,28H,8H2,1-3H3,(H,26,27)/t12-,20+,22+/m0/s1. The highest BCUT2D eigenvalue weighted by atomic mass is 16.5. The van der Waals surface area contributed by atoms with Crippen LogP contribution >= 0.6 is 0 Å². The molecule has 0 saturated heterocycles. The van der Waals surface area contributed by atoms with Gasteiger partial charge in [-0.05, 0) is 31.0 Å². The lowest BCUT2D eigenvalue weighted by atomic mass is 9.69. The van der Waals surface area contributed by atoms with E-state index < -0.39 is 35.2 Å². The zero-order chi connectivity index (χ0) is 22.0. The largest absolute Gasteiger partial charge is 0.496 e. The van der Waals surface area contributed by atoms with Gasteiger partial charge in [-0.2, -0.15) is 0 Å². The molecule has 2 aromatic carbocycles. The molecule has 30 heavy (non-hydrogen) atoms. The SMILES string of the molecule is COc1cccc2c1C(=O)c1cc3c(c(OC)c1C2=O)[C@@H](C(=O)O)C[C@@](C)(O)[C@@H]3O. The second kappa shape index (κ2) is 6.65. The van der Waals surface area contributed by atoms with Crippen LogP contribution in [-0.4, -0.2) is 52.7 Å². The maximum absolute atomic E-state index is 13.3. The molecule has 0 radical (unpaired) electrons. The van der Waals surface area contributed by atoms with Crippen LogP contribution in [0, 0.1) is 0 Å². The average molecular weight is 412 g/mol. The first-order valence-corrected chi connectivity index (χ1v) is 9.28. The number of carboxylic acids is 1. The molecular formula is C22H20O8. The molecule has 2 aliphatic carbocycles. The summed E-state index contributed by atoms with van der Waals surface area (Å²) in [5.41, 5.74) is -1.47. The molecule has 0 spiro atoms. The van der Waals surface area contributed by atoms with Gasteiger partial charge >= 0.3 is 5.97 Å². The molecule has 0 unspecified atom stereocenters. The van der Waals surface area contributed by atoms with Crippen molar-refractivity contribution >= 4 is 17.5 Å². The number of ether oxygens (including phenoxy) is 2. The number of ketones is 2. The third-order valence-corrected chi connectivity index (χ3v) is 5.89. The average Bonchev–Trinajstić information content (AvgIpc) is 2.72.